The third-order valence-corrected chi connectivity index (χ3v) is 4.34. The quantitative estimate of drug-likeness (QED) is 0.867. The van der Waals surface area contributed by atoms with Gasteiger partial charge in [-0.2, -0.15) is 10.2 Å². The molecule has 0 radical (unpaired) electrons. The molecule has 0 aliphatic carbocycles. The highest BCUT2D eigenvalue weighted by Gasteiger charge is 2.24. The molecular formula is C17H21N5O. The molecule has 0 amide bonds. The second-order valence-corrected chi connectivity index (χ2v) is 5.86. The zero-order valence-corrected chi connectivity index (χ0v) is 13.6. The Morgan fingerprint density at radius 3 is 2.78 bits per heavy atom. The van der Waals surface area contributed by atoms with Gasteiger partial charge in [-0.1, -0.05) is 17.3 Å². The van der Waals surface area contributed by atoms with Gasteiger partial charge in [-0.3, -0.25) is 4.90 Å². The fraction of sp³-hybridized carbons (Fsp3) is 0.471. The van der Waals surface area contributed by atoms with Crippen LogP contribution in [-0.2, 0) is 0 Å². The normalized spacial score (nSPS) is 17.5. The van der Waals surface area contributed by atoms with Gasteiger partial charge < -0.3 is 9.42 Å². The van der Waals surface area contributed by atoms with Crippen LogP contribution < -0.4 is 4.90 Å². The summed E-state index contributed by atoms with van der Waals surface area (Å²) in [4.78, 5) is 9.00. The van der Waals surface area contributed by atoms with Crippen LogP contribution >= 0.6 is 0 Å². The maximum Gasteiger partial charge on any atom is 0.243 e. The van der Waals surface area contributed by atoms with Crippen LogP contribution in [0.15, 0.2) is 28.8 Å². The highest BCUT2D eigenvalue weighted by Crippen LogP contribution is 2.24. The van der Waals surface area contributed by atoms with E-state index in [1.165, 1.54) is 0 Å². The fourth-order valence-corrected chi connectivity index (χ4v) is 3.05. The number of para-hydroxylation sites is 1. The first kappa shape index (κ1) is 15.5. The molecule has 0 spiro atoms. The summed E-state index contributed by atoms with van der Waals surface area (Å²) in [6.45, 7) is 7.66. The summed E-state index contributed by atoms with van der Waals surface area (Å²) in [5, 5.41) is 13.2. The Kier molecular flexibility index (Phi) is 4.58. The van der Waals surface area contributed by atoms with Gasteiger partial charge in [0.1, 0.15) is 6.07 Å². The van der Waals surface area contributed by atoms with Crippen LogP contribution in [0.4, 0.5) is 5.69 Å². The average molecular weight is 311 g/mol. The Hall–Kier alpha value is -2.39. The van der Waals surface area contributed by atoms with E-state index in [4.69, 9.17) is 4.52 Å². The summed E-state index contributed by atoms with van der Waals surface area (Å²) in [5.41, 5.74) is 1.76. The molecule has 1 aliphatic heterocycles. The van der Waals surface area contributed by atoms with Crippen molar-refractivity contribution in [3.8, 4) is 6.07 Å². The Morgan fingerprint density at radius 2 is 2.04 bits per heavy atom. The zero-order chi connectivity index (χ0) is 16.2. The van der Waals surface area contributed by atoms with E-state index in [1.807, 2.05) is 31.2 Å². The van der Waals surface area contributed by atoms with Crippen LogP contribution in [0.2, 0.25) is 0 Å². The van der Waals surface area contributed by atoms with Crippen LogP contribution in [0.5, 0.6) is 0 Å². The topological polar surface area (TPSA) is 69.2 Å². The van der Waals surface area contributed by atoms with Crippen LogP contribution in [0.25, 0.3) is 0 Å². The largest absolute Gasteiger partial charge is 0.369 e. The number of hydrogen-bond acceptors (Lipinski definition) is 6. The standard InChI is InChI=1S/C17H21N5O/c1-13(17-19-14(2)20-23-17)21-8-5-9-22(11-10-21)16-7-4-3-6-15(16)12-18/h3-4,6-7,13H,5,8-11H2,1-2H3/t13-/m1/s1. The van der Waals surface area contributed by atoms with E-state index in [-0.39, 0.29) is 6.04 Å². The van der Waals surface area contributed by atoms with Crippen molar-refractivity contribution >= 4 is 5.69 Å². The molecule has 2 aromatic rings. The van der Waals surface area contributed by atoms with Gasteiger partial charge in [0.25, 0.3) is 0 Å². The molecule has 0 N–H and O–H groups in total. The van der Waals surface area contributed by atoms with Crippen molar-refractivity contribution in [3.63, 3.8) is 0 Å². The second-order valence-electron chi connectivity index (χ2n) is 5.86. The van der Waals surface area contributed by atoms with Crippen molar-refractivity contribution in [1.29, 1.82) is 5.26 Å². The van der Waals surface area contributed by atoms with Crippen molar-refractivity contribution in [3.05, 3.63) is 41.5 Å². The lowest BCUT2D eigenvalue weighted by Crippen LogP contribution is -2.33. The van der Waals surface area contributed by atoms with Gasteiger partial charge in [-0.25, -0.2) is 0 Å². The van der Waals surface area contributed by atoms with Gasteiger partial charge in [0, 0.05) is 26.2 Å². The summed E-state index contributed by atoms with van der Waals surface area (Å²) >= 11 is 0. The molecule has 6 nitrogen and oxygen atoms in total. The molecular weight excluding hydrogens is 290 g/mol. The van der Waals surface area contributed by atoms with E-state index in [0.717, 1.165) is 43.9 Å². The lowest BCUT2D eigenvalue weighted by atomic mass is 10.1. The van der Waals surface area contributed by atoms with Gasteiger partial charge in [0.2, 0.25) is 5.89 Å². The lowest BCUT2D eigenvalue weighted by Gasteiger charge is -2.26. The van der Waals surface area contributed by atoms with Crippen molar-refractivity contribution in [2.24, 2.45) is 0 Å². The minimum absolute atomic E-state index is 0.113. The van der Waals surface area contributed by atoms with E-state index in [1.54, 1.807) is 0 Å². The van der Waals surface area contributed by atoms with Crippen molar-refractivity contribution in [2.45, 2.75) is 26.3 Å². The van der Waals surface area contributed by atoms with Crippen molar-refractivity contribution in [1.82, 2.24) is 15.0 Å². The minimum atomic E-state index is 0.113. The number of anilines is 1. The molecule has 0 saturated carbocycles. The molecule has 120 valence electrons. The zero-order valence-electron chi connectivity index (χ0n) is 13.6. The first-order valence-electron chi connectivity index (χ1n) is 7.97. The smallest absolute Gasteiger partial charge is 0.243 e. The summed E-state index contributed by atoms with van der Waals surface area (Å²) in [5.74, 6) is 1.35. The molecule has 1 aromatic carbocycles. The van der Waals surface area contributed by atoms with Gasteiger partial charge in [0.05, 0.1) is 17.3 Å². The molecule has 23 heavy (non-hydrogen) atoms. The van der Waals surface area contributed by atoms with E-state index in [2.05, 4.69) is 32.9 Å². The number of rotatable bonds is 3. The first-order chi connectivity index (χ1) is 11.2. The Bertz CT molecular complexity index is 705. The number of benzene rings is 1. The van der Waals surface area contributed by atoms with Crippen molar-refractivity contribution in [2.75, 3.05) is 31.1 Å². The highest BCUT2D eigenvalue weighted by molar-refractivity contribution is 5.59. The molecule has 0 unspecified atom stereocenters. The molecule has 1 aromatic heterocycles. The molecule has 0 bridgehead atoms. The number of hydrogen-bond donors (Lipinski definition) is 0. The third-order valence-electron chi connectivity index (χ3n) is 4.34. The molecule has 3 rings (SSSR count). The van der Waals surface area contributed by atoms with Crippen LogP contribution in [-0.4, -0.2) is 41.2 Å². The van der Waals surface area contributed by atoms with E-state index in [9.17, 15) is 5.26 Å². The van der Waals surface area contributed by atoms with Crippen LogP contribution in [0.3, 0.4) is 0 Å². The van der Waals surface area contributed by atoms with E-state index in [0.29, 0.717) is 11.7 Å². The Morgan fingerprint density at radius 1 is 1.22 bits per heavy atom. The van der Waals surface area contributed by atoms with Crippen LogP contribution in [0.1, 0.15) is 36.7 Å². The second kappa shape index (κ2) is 6.80. The molecule has 1 atom stereocenters. The number of nitrogens with zero attached hydrogens (tertiary/aromatic N) is 5. The highest BCUT2D eigenvalue weighted by atomic mass is 16.5. The molecule has 6 heteroatoms. The van der Waals surface area contributed by atoms with Gasteiger partial charge in [-0.15, -0.1) is 0 Å². The van der Waals surface area contributed by atoms with Gasteiger partial charge >= 0.3 is 0 Å². The van der Waals surface area contributed by atoms with Crippen LogP contribution in [0, 0.1) is 18.3 Å². The van der Waals surface area contributed by atoms with Gasteiger partial charge in [-0.05, 0) is 32.4 Å². The molecule has 1 fully saturated rings. The molecule has 1 aliphatic rings. The average Bonchev–Trinajstić information content (AvgIpc) is 2.87. The monoisotopic (exact) mass is 311 g/mol. The summed E-state index contributed by atoms with van der Waals surface area (Å²) in [6.07, 6.45) is 1.04. The maximum atomic E-state index is 9.30. The van der Waals surface area contributed by atoms with E-state index >= 15 is 0 Å². The SMILES string of the molecule is Cc1noc([C@@H](C)N2CCCN(c3ccccc3C#N)CC2)n1. The number of aryl methyl sites for hydroxylation is 1. The minimum Gasteiger partial charge on any atom is -0.369 e. The first-order valence-corrected chi connectivity index (χ1v) is 7.97. The molecule has 1 saturated heterocycles. The summed E-state index contributed by atoms with van der Waals surface area (Å²) in [6, 6.07) is 10.2. The third kappa shape index (κ3) is 3.35. The predicted octanol–water partition coefficient (Wildman–Crippen LogP) is 2.52. The Labute approximate surface area is 136 Å². The summed E-state index contributed by atoms with van der Waals surface area (Å²) in [7, 11) is 0. The number of aromatic nitrogens is 2. The fourth-order valence-electron chi connectivity index (χ4n) is 3.05. The predicted molar refractivity (Wildman–Crippen MR) is 87.0 cm³/mol. The Balaban J connectivity index is 1.71. The maximum absolute atomic E-state index is 9.30. The number of nitriles is 1. The summed E-state index contributed by atoms with van der Waals surface area (Å²) < 4.78 is 5.31. The molecule has 2 heterocycles. The lowest BCUT2D eigenvalue weighted by molar-refractivity contribution is 0.184. The van der Waals surface area contributed by atoms with Gasteiger partial charge in [0.15, 0.2) is 5.82 Å². The van der Waals surface area contributed by atoms with E-state index < -0.39 is 0 Å². The van der Waals surface area contributed by atoms with Crippen molar-refractivity contribution < 1.29 is 4.52 Å².